The topological polar surface area (TPSA) is 93.0 Å². The van der Waals surface area contributed by atoms with E-state index in [9.17, 15) is 9.90 Å². The molecule has 0 unspecified atom stereocenters. The van der Waals surface area contributed by atoms with Gasteiger partial charge < -0.3 is 19.4 Å². The number of hydrogen-bond acceptors (Lipinski definition) is 6. The molecule has 134 valence electrons. The molecule has 1 aliphatic carbocycles. The average molecular weight is 370 g/mol. The van der Waals surface area contributed by atoms with Gasteiger partial charge in [-0.3, -0.25) is 0 Å². The molecule has 0 bridgehead atoms. The minimum absolute atomic E-state index is 0.0423. The molecule has 0 amide bonds. The summed E-state index contributed by atoms with van der Waals surface area (Å²) in [4.78, 5) is 24.0. The molecule has 3 aromatic rings. The number of aromatic nitrogens is 4. The quantitative estimate of drug-likeness (QED) is 0.299. The normalized spacial score (nSPS) is 15.1. The zero-order valence-corrected chi connectivity index (χ0v) is 15.0. The molecule has 0 radical (unpaired) electrons. The van der Waals surface area contributed by atoms with Gasteiger partial charge in [0.15, 0.2) is 5.16 Å². The number of imidazole rings is 2. The Morgan fingerprint density at radius 1 is 1.42 bits per heavy atom. The van der Waals surface area contributed by atoms with Crippen LogP contribution in [0, 0.1) is 0 Å². The van der Waals surface area contributed by atoms with Crippen LogP contribution in [0.4, 0.5) is 0 Å². The number of carbonyl (C=O) groups excluding carboxylic acids is 1. The third kappa shape index (κ3) is 3.20. The molecule has 0 aliphatic heterocycles. The van der Waals surface area contributed by atoms with Gasteiger partial charge in [0.25, 0.3) is 0 Å². The van der Waals surface area contributed by atoms with Gasteiger partial charge in [0.2, 0.25) is 0 Å². The third-order valence-corrected chi connectivity index (χ3v) is 5.21. The molecule has 0 spiro atoms. The predicted molar refractivity (Wildman–Crippen MR) is 98.9 cm³/mol. The van der Waals surface area contributed by atoms with Crippen molar-refractivity contribution in [3.63, 3.8) is 0 Å². The van der Waals surface area contributed by atoms with Crippen molar-refractivity contribution in [3.8, 4) is 0 Å². The number of benzene rings is 1. The summed E-state index contributed by atoms with van der Waals surface area (Å²) in [6.45, 7) is 0. The fourth-order valence-electron chi connectivity index (χ4n) is 2.77. The van der Waals surface area contributed by atoms with E-state index in [4.69, 9.17) is 4.74 Å². The van der Waals surface area contributed by atoms with E-state index in [2.05, 4.69) is 19.5 Å². The van der Waals surface area contributed by atoms with Crippen molar-refractivity contribution in [1.29, 1.82) is 0 Å². The second kappa shape index (κ2) is 6.87. The smallest absolute Gasteiger partial charge is 0.345 e. The number of esters is 1. The van der Waals surface area contributed by atoms with Gasteiger partial charge >= 0.3 is 5.97 Å². The first-order valence-corrected chi connectivity index (χ1v) is 9.27. The lowest BCUT2D eigenvalue weighted by Gasteiger charge is -2.08. The van der Waals surface area contributed by atoms with Crippen LogP contribution in [0.2, 0.25) is 0 Å². The third-order valence-electron chi connectivity index (χ3n) is 4.22. The summed E-state index contributed by atoms with van der Waals surface area (Å²) in [5.74, 6) is -0.230. The summed E-state index contributed by atoms with van der Waals surface area (Å²) in [6, 6.07) is 7.93. The van der Waals surface area contributed by atoms with Gasteiger partial charge in [-0.25, -0.2) is 14.8 Å². The van der Waals surface area contributed by atoms with E-state index in [0.29, 0.717) is 17.4 Å². The predicted octanol–water partition coefficient (Wildman–Crippen LogP) is 3.33. The highest BCUT2D eigenvalue weighted by atomic mass is 32.2. The van der Waals surface area contributed by atoms with Crippen LogP contribution < -0.4 is 0 Å². The Hall–Kier alpha value is -2.74. The maximum Gasteiger partial charge on any atom is 0.345 e. The van der Waals surface area contributed by atoms with Gasteiger partial charge in [-0.1, -0.05) is 23.9 Å². The molecule has 2 aromatic heterocycles. The Morgan fingerprint density at radius 2 is 2.23 bits per heavy atom. The molecule has 1 aromatic carbocycles. The summed E-state index contributed by atoms with van der Waals surface area (Å²) < 4.78 is 6.95. The number of aliphatic hydroxyl groups excluding tert-OH is 1. The molecule has 4 rings (SSSR count). The number of nitrogens with one attached hydrogen (secondary N) is 1. The minimum Gasteiger partial charge on any atom is -0.510 e. The molecule has 7 nitrogen and oxygen atoms in total. The Morgan fingerprint density at radius 3 is 2.96 bits per heavy atom. The Balaban J connectivity index is 1.63. The summed E-state index contributed by atoms with van der Waals surface area (Å²) in [6.07, 6.45) is 6.00. The summed E-state index contributed by atoms with van der Waals surface area (Å²) in [5.41, 5.74) is 1.54. The van der Waals surface area contributed by atoms with Crippen molar-refractivity contribution in [1.82, 2.24) is 19.5 Å². The van der Waals surface area contributed by atoms with Crippen molar-refractivity contribution in [3.05, 3.63) is 48.2 Å². The molecule has 0 saturated heterocycles. The highest BCUT2D eigenvalue weighted by Crippen LogP contribution is 2.38. The molecule has 1 fully saturated rings. The van der Waals surface area contributed by atoms with E-state index in [1.807, 2.05) is 30.5 Å². The van der Waals surface area contributed by atoms with Crippen LogP contribution >= 0.6 is 11.8 Å². The second-order valence-corrected chi connectivity index (χ2v) is 7.00. The fraction of sp³-hybridized carbons (Fsp3) is 0.278. The van der Waals surface area contributed by atoms with Crippen molar-refractivity contribution >= 4 is 34.3 Å². The highest BCUT2D eigenvalue weighted by Gasteiger charge is 2.26. The van der Waals surface area contributed by atoms with E-state index in [0.717, 1.165) is 23.5 Å². The number of fused-ring (bicyclic) bond motifs is 1. The van der Waals surface area contributed by atoms with Gasteiger partial charge in [-0.05, 0) is 25.0 Å². The Bertz CT molecular complexity index is 954. The van der Waals surface area contributed by atoms with E-state index >= 15 is 0 Å². The maximum absolute atomic E-state index is 12.2. The van der Waals surface area contributed by atoms with Crippen LogP contribution in [-0.2, 0) is 9.53 Å². The zero-order valence-electron chi connectivity index (χ0n) is 14.2. The first-order valence-electron chi connectivity index (χ1n) is 8.28. The van der Waals surface area contributed by atoms with E-state index in [1.165, 1.54) is 18.9 Å². The Labute approximate surface area is 154 Å². The van der Waals surface area contributed by atoms with Gasteiger partial charge in [-0.15, -0.1) is 0 Å². The molecular formula is C18H18N4O3S. The number of thioether (sulfide) groups is 1. The SMILES string of the molecule is COC(=O)/C(=C(/O)CSc1nccn1C1CC1)c1nc2ccccc2[nH]1. The highest BCUT2D eigenvalue weighted by molar-refractivity contribution is 7.99. The summed E-state index contributed by atoms with van der Waals surface area (Å²) in [5, 5.41) is 11.4. The van der Waals surface area contributed by atoms with Crippen LogP contribution in [0.15, 0.2) is 47.6 Å². The molecule has 1 saturated carbocycles. The molecule has 2 N–H and O–H groups in total. The number of hydrogen-bond donors (Lipinski definition) is 2. The average Bonchev–Trinajstić information content (AvgIpc) is 3.23. The lowest BCUT2D eigenvalue weighted by molar-refractivity contribution is -0.133. The Kier molecular flexibility index (Phi) is 4.42. The van der Waals surface area contributed by atoms with Crippen LogP contribution in [0.1, 0.15) is 24.7 Å². The molecular weight excluding hydrogens is 352 g/mol. The van der Waals surface area contributed by atoms with Crippen LogP contribution in [0.25, 0.3) is 16.6 Å². The second-order valence-electron chi connectivity index (χ2n) is 6.05. The summed E-state index contributed by atoms with van der Waals surface area (Å²) >= 11 is 1.38. The monoisotopic (exact) mass is 370 g/mol. The number of ether oxygens (including phenoxy) is 1. The van der Waals surface area contributed by atoms with Gasteiger partial charge in [-0.2, -0.15) is 0 Å². The van der Waals surface area contributed by atoms with Crippen LogP contribution in [-0.4, -0.2) is 43.5 Å². The van der Waals surface area contributed by atoms with Crippen molar-refractivity contribution < 1.29 is 14.6 Å². The number of para-hydroxylation sites is 2. The number of H-pyrrole nitrogens is 1. The lowest BCUT2D eigenvalue weighted by atomic mass is 10.2. The van der Waals surface area contributed by atoms with Crippen molar-refractivity contribution in [2.45, 2.75) is 24.0 Å². The van der Waals surface area contributed by atoms with Gasteiger partial charge in [0.05, 0.1) is 23.9 Å². The van der Waals surface area contributed by atoms with Crippen LogP contribution in [0.5, 0.6) is 0 Å². The minimum atomic E-state index is -0.632. The number of methoxy groups -OCH3 is 1. The first-order chi connectivity index (χ1) is 12.7. The van der Waals surface area contributed by atoms with E-state index < -0.39 is 5.97 Å². The van der Waals surface area contributed by atoms with E-state index in [-0.39, 0.29) is 17.1 Å². The standard InChI is InChI=1S/C18H18N4O3S/c1-25-17(24)15(16-20-12-4-2-3-5-13(12)21-16)14(23)10-26-18-19-8-9-22(18)11-6-7-11/h2-5,8-9,11,23H,6-7,10H2,1H3,(H,20,21)/b15-14+. The maximum atomic E-state index is 12.2. The van der Waals surface area contributed by atoms with Crippen molar-refractivity contribution in [2.24, 2.45) is 0 Å². The van der Waals surface area contributed by atoms with E-state index in [1.54, 1.807) is 6.20 Å². The largest absolute Gasteiger partial charge is 0.510 e. The molecule has 8 heteroatoms. The first kappa shape index (κ1) is 16.7. The number of aliphatic hydroxyl groups is 1. The zero-order chi connectivity index (χ0) is 18.1. The molecule has 1 aliphatic rings. The summed E-state index contributed by atoms with van der Waals surface area (Å²) in [7, 11) is 1.28. The molecule has 2 heterocycles. The van der Waals surface area contributed by atoms with Gasteiger partial charge in [0, 0.05) is 18.4 Å². The molecule has 0 atom stereocenters. The van der Waals surface area contributed by atoms with Crippen molar-refractivity contribution in [2.75, 3.05) is 12.9 Å². The number of nitrogens with zero attached hydrogens (tertiary/aromatic N) is 3. The molecule has 26 heavy (non-hydrogen) atoms. The van der Waals surface area contributed by atoms with Crippen LogP contribution in [0.3, 0.4) is 0 Å². The fourth-order valence-corrected chi connectivity index (χ4v) is 3.68. The van der Waals surface area contributed by atoms with Gasteiger partial charge in [0.1, 0.15) is 17.2 Å². The number of rotatable bonds is 6. The lowest BCUT2D eigenvalue weighted by Crippen LogP contribution is -2.10. The number of carbonyl (C=O) groups is 1. The number of aromatic amines is 1.